The van der Waals surface area contributed by atoms with E-state index in [1.807, 2.05) is 13.8 Å². The molecule has 26 heavy (non-hydrogen) atoms. The third-order valence-electron chi connectivity index (χ3n) is 3.52. The zero-order chi connectivity index (χ0) is 19.5. The van der Waals surface area contributed by atoms with E-state index in [1.54, 1.807) is 19.1 Å². The standard InChI is InChI=1S/C17H18F3N3O2S/c1-9(2)15(11-4-6-12(7-5-11)26-17(18,19)20)23-16(25)13-8-14(24)22-10(3)21-13/h4-9,15H,1-3H3,(H,23,25)(H,21,22,24)/t15-/m1/s1. The third-order valence-corrected chi connectivity index (χ3v) is 4.26. The van der Waals surface area contributed by atoms with Crippen molar-refractivity contribution in [2.45, 2.75) is 37.2 Å². The number of halogens is 3. The fourth-order valence-electron chi connectivity index (χ4n) is 2.42. The molecule has 0 unspecified atom stereocenters. The molecule has 1 atom stereocenters. The van der Waals surface area contributed by atoms with Crippen LogP contribution in [0.5, 0.6) is 0 Å². The minimum absolute atomic E-state index is 0.0128. The molecule has 0 spiro atoms. The van der Waals surface area contributed by atoms with E-state index in [0.717, 1.165) is 6.07 Å². The van der Waals surface area contributed by atoms with Gasteiger partial charge in [-0.15, -0.1) is 0 Å². The van der Waals surface area contributed by atoms with Gasteiger partial charge in [-0.2, -0.15) is 13.2 Å². The van der Waals surface area contributed by atoms with Crippen LogP contribution in [-0.4, -0.2) is 21.4 Å². The van der Waals surface area contributed by atoms with Crippen LogP contribution in [0.4, 0.5) is 13.2 Å². The molecule has 0 aliphatic carbocycles. The second-order valence-electron chi connectivity index (χ2n) is 6.03. The second-order valence-corrected chi connectivity index (χ2v) is 7.17. The van der Waals surface area contributed by atoms with Crippen molar-refractivity contribution in [3.05, 3.63) is 57.8 Å². The molecule has 0 aliphatic rings. The molecule has 1 heterocycles. The normalized spacial score (nSPS) is 12.9. The molecule has 0 radical (unpaired) electrons. The largest absolute Gasteiger partial charge is 0.446 e. The number of hydrogen-bond donors (Lipinski definition) is 2. The molecule has 2 aromatic rings. The number of benzene rings is 1. The lowest BCUT2D eigenvalue weighted by Crippen LogP contribution is -2.33. The summed E-state index contributed by atoms with van der Waals surface area (Å²) in [6.07, 6.45) is 0. The van der Waals surface area contributed by atoms with Crippen molar-refractivity contribution in [1.29, 1.82) is 0 Å². The number of nitrogens with zero attached hydrogens (tertiary/aromatic N) is 1. The lowest BCUT2D eigenvalue weighted by Gasteiger charge is -2.23. The van der Waals surface area contributed by atoms with Crippen LogP contribution >= 0.6 is 11.8 Å². The molecule has 0 saturated carbocycles. The average Bonchev–Trinajstić information content (AvgIpc) is 2.50. The van der Waals surface area contributed by atoms with Crippen molar-refractivity contribution in [1.82, 2.24) is 15.3 Å². The maximum Gasteiger partial charge on any atom is 0.446 e. The van der Waals surface area contributed by atoms with E-state index in [2.05, 4.69) is 15.3 Å². The molecule has 9 heteroatoms. The summed E-state index contributed by atoms with van der Waals surface area (Å²) in [5.41, 5.74) is -4.13. The van der Waals surface area contributed by atoms with Gasteiger partial charge < -0.3 is 10.3 Å². The first-order valence-electron chi connectivity index (χ1n) is 7.79. The van der Waals surface area contributed by atoms with Crippen LogP contribution < -0.4 is 10.9 Å². The predicted octanol–water partition coefficient (Wildman–Crippen LogP) is 3.82. The van der Waals surface area contributed by atoms with Gasteiger partial charge in [0, 0.05) is 11.0 Å². The summed E-state index contributed by atoms with van der Waals surface area (Å²) in [7, 11) is 0. The summed E-state index contributed by atoms with van der Waals surface area (Å²) in [4.78, 5) is 30.4. The first-order valence-corrected chi connectivity index (χ1v) is 8.61. The zero-order valence-electron chi connectivity index (χ0n) is 14.3. The van der Waals surface area contributed by atoms with Crippen molar-refractivity contribution in [2.24, 2.45) is 5.92 Å². The Labute approximate surface area is 152 Å². The fraction of sp³-hybridized carbons (Fsp3) is 0.353. The Balaban J connectivity index is 2.20. The van der Waals surface area contributed by atoms with Gasteiger partial charge >= 0.3 is 5.51 Å². The molecule has 5 nitrogen and oxygen atoms in total. The Morgan fingerprint density at radius 1 is 1.23 bits per heavy atom. The highest BCUT2D eigenvalue weighted by Crippen LogP contribution is 2.37. The van der Waals surface area contributed by atoms with E-state index in [9.17, 15) is 22.8 Å². The number of aryl methyl sites for hydroxylation is 1. The van der Waals surface area contributed by atoms with Gasteiger partial charge in [-0.3, -0.25) is 9.59 Å². The molecular weight excluding hydrogens is 367 g/mol. The Morgan fingerprint density at radius 2 is 1.85 bits per heavy atom. The van der Waals surface area contributed by atoms with Crippen LogP contribution in [-0.2, 0) is 0 Å². The van der Waals surface area contributed by atoms with Crippen molar-refractivity contribution >= 4 is 17.7 Å². The summed E-state index contributed by atoms with van der Waals surface area (Å²) in [5, 5.41) is 2.79. The van der Waals surface area contributed by atoms with E-state index >= 15 is 0 Å². The predicted molar refractivity (Wildman–Crippen MR) is 93.0 cm³/mol. The Hall–Kier alpha value is -2.29. The van der Waals surface area contributed by atoms with Crippen LogP contribution in [0.3, 0.4) is 0 Å². The summed E-state index contributed by atoms with van der Waals surface area (Å²) in [6, 6.07) is 6.50. The van der Waals surface area contributed by atoms with E-state index in [1.165, 1.54) is 12.1 Å². The molecular formula is C17H18F3N3O2S. The van der Waals surface area contributed by atoms with Gasteiger partial charge in [0.05, 0.1) is 6.04 Å². The molecule has 140 valence electrons. The SMILES string of the molecule is Cc1nc(C(=O)N[C@@H](c2ccc(SC(F)(F)F)cc2)C(C)C)cc(=O)[nH]1. The van der Waals surface area contributed by atoms with Gasteiger partial charge in [0.1, 0.15) is 11.5 Å². The molecule has 0 bridgehead atoms. The summed E-state index contributed by atoms with van der Waals surface area (Å²) in [5.74, 6) is -0.230. The number of hydrogen-bond acceptors (Lipinski definition) is 4. The minimum Gasteiger partial charge on any atom is -0.344 e. The zero-order valence-corrected chi connectivity index (χ0v) is 15.2. The van der Waals surface area contributed by atoms with Crippen molar-refractivity contribution in [3.63, 3.8) is 0 Å². The molecule has 0 fully saturated rings. The molecule has 1 aromatic heterocycles. The fourth-order valence-corrected chi connectivity index (χ4v) is 2.96. The monoisotopic (exact) mass is 385 g/mol. The number of H-pyrrole nitrogens is 1. The number of nitrogens with one attached hydrogen (secondary N) is 2. The van der Waals surface area contributed by atoms with Crippen molar-refractivity contribution in [2.75, 3.05) is 0 Å². The average molecular weight is 385 g/mol. The summed E-state index contributed by atoms with van der Waals surface area (Å²) >= 11 is -0.192. The Kier molecular flexibility index (Phi) is 6.12. The van der Waals surface area contributed by atoms with Gasteiger partial charge in [0.25, 0.3) is 11.5 Å². The van der Waals surface area contributed by atoms with Crippen molar-refractivity contribution < 1.29 is 18.0 Å². The van der Waals surface area contributed by atoms with Crippen LogP contribution in [0, 0.1) is 12.8 Å². The number of alkyl halides is 3. The van der Waals surface area contributed by atoms with E-state index in [-0.39, 0.29) is 28.3 Å². The molecule has 2 rings (SSSR count). The molecule has 2 N–H and O–H groups in total. The first-order chi connectivity index (χ1) is 12.0. The van der Waals surface area contributed by atoms with Gasteiger partial charge in [-0.05, 0) is 42.3 Å². The second kappa shape index (κ2) is 7.94. The number of carbonyl (C=O) groups excluding carboxylic acids is 1. The lowest BCUT2D eigenvalue weighted by molar-refractivity contribution is -0.0328. The van der Waals surface area contributed by atoms with Crippen LogP contribution in [0.1, 0.15) is 41.8 Å². The number of carbonyl (C=O) groups is 1. The van der Waals surface area contributed by atoms with Crippen LogP contribution in [0.15, 0.2) is 40.0 Å². The number of rotatable bonds is 5. The maximum atomic E-state index is 12.4. The quantitative estimate of drug-likeness (QED) is 0.768. The smallest absolute Gasteiger partial charge is 0.344 e. The van der Waals surface area contributed by atoms with E-state index < -0.39 is 23.0 Å². The number of aromatic nitrogens is 2. The first kappa shape index (κ1) is 20.0. The van der Waals surface area contributed by atoms with Crippen LogP contribution in [0.25, 0.3) is 0 Å². The van der Waals surface area contributed by atoms with Crippen molar-refractivity contribution in [3.8, 4) is 0 Å². The van der Waals surface area contributed by atoms with Gasteiger partial charge in [-0.25, -0.2) is 4.98 Å². The summed E-state index contributed by atoms with van der Waals surface area (Å²) < 4.78 is 37.3. The van der Waals surface area contributed by atoms with Gasteiger partial charge in [0.15, 0.2) is 0 Å². The molecule has 1 aromatic carbocycles. The highest BCUT2D eigenvalue weighted by atomic mass is 32.2. The minimum atomic E-state index is -4.35. The van der Waals surface area contributed by atoms with Crippen LogP contribution in [0.2, 0.25) is 0 Å². The van der Waals surface area contributed by atoms with Gasteiger partial charge in [-0.1, -0.05) is 26.0 Å². The molecule has 1 amide bonds. The highest BCUT2D eigenvalue weighted by molar-refractivity contribution is 8.00. The number of thioether (sulfide) groups is 1. The van der Waals surface area contributed by atoms with E-state index in [4.69, 9.17) is 0 Å². The summed E-state index contributed by atoms with van der Waals surface area (Å²) in [6.45, 7) is 5.31. The third kappa shape index (κ3) is 5.62. The topological polar surface area (TPSA) is 74.8 Å². The highest BCUT2D eigenvalue weighted by Gasteiger charge is 2.29. The number of amides is 1. The van der Waals surface area contributed by atoms with Gasteiger partial charge in [0.2, 0.25) is 0 Å². The van der Waals surface area contributed by atoms with E-state index in [0.29, 0.717) is 11.4 Å². The lowest BCUT2D eigenvalue weighted by atomic mass is 9.96. The maximum absolute atomic E-state index is 12.4. The molecule has 0 saturated heterocycles. The Morgan fingerprint density at radius 3 is 2.35 bits per heavy atom. The Bertz CT molecular complexity index is 832. The molecule has 0 aliphatic heterocycles. The number of aromatic amines is 1.